The highest BCUT2D eigenvalue weighted by atomic mass is 16.7. The second-order valence-corrected chi connectivity index (χ2v) is 4.45. The number of imide groups is 1. The van der Waals surface area contributed by atoms with E-state index in [-0.39, 0.29) is 19.4 Å². The Balaban J connectivity index is 2.40. The summed E-state index contributed by atoms with van der Waals surface area (Å²) in [6.07, 6.45) is 0.179. The maximum Gasteiger partial charge on any atom is 0.358 e. The monoisotopic (exact) mass is 229 g/mol. The Hall–Kier alpha value is -1.43. The highest BCUT2D eigenvalue weighted by molar-refractivity contribution is 6.01. The van der Waals surface area contributed by atoms with E-state index < -0.39 is 23.4 Å². The van der Waals surface area contributed by atoms with Crippen LogP contribution in [0, 0.1) is 0 Å². The van der Waals surface area contributed by atoms with Crippen LogP contribution in [0.1, 0.15) is 33.6 Å². The molecule has 1 saturated heterocycles. The van der Waals surface area contributed by atoms with Crippen LogP contribution in [-0.2, 0) is 24.0 Å². The molecule has 1 fully saturated rings. The lowest BCUT2D eigenvalue weighted by atomic mass is 10.2. The molecule has 0 radical (unpaired) electrons. The molecule has 16 heavy (non-hydrogen) atoms. The van der Waals surface area contributed by atoms with E-state index in [1.807, 2.05) is 0 Å². The summed E-state index contributed by atoms with van der Waals surface area (Å²) in [5.41, 5.74) is -0.474. The Bertz CT molecular complexity index is 302. The molecule has 0 saturated carbocycles. The number of hydroxylamine groups is 2. The molecule has 1 heterocycles. The fourth-order valence-corrected chi connectivity index (χ4v) is 1.06. The first kappa shape index (κ1) is 12.6. The summed E-state index contributed by atoms with van der Waals surface area (Å²) in [7, 11) is 0. The van der Waals surface area contributed by atoms with Gasteiger partial charge in [-0.05, 0) is 20.8 Å². The van der Waals surface area contributed by atoms with Crippen LogP contribution in [-0.4, -0.2) is 35.1 Å². The number of ether oxygens (including phenoxy) is 1. The van der Waals surface area contributed by atoms with Crippen LogP contribution in [0.4, 0.5) is 0 Å². The first-order chi connectivity index (χ1) is 7.29. The standard InChI is InChI=1S/C10H15NO5/c1-10(2,3)15-6-9(14)16-11-7(12)4-5-8(11)13/h4-6H2,1-3H3. The summed E-state index contributed by atoms with van der Waals surface area (Å²) < 4.78 is 5.15. The number of hydrogen-bond donors (Lipinski definition) is 0. The summed E-state index contributed by atoms with van der Waals surface area (Å²) in [5, 5.41) is 0.508. The Morgan fingerprint density at radius 2 is 1.75 bits per heavy atom. The minimum Gasteiger partial charge on any atom is -0.364 e. The zero-order valence-electron chi connectivity index (χ0n) is 9.61. The molecule has 1 rings (SSSR count). The van der Waals surface area contributed by atoms with Crippen LogP contribution < -0.4 is 0 Å². The smallest absolute Gasteiger partial charge is 0.358 e. The van der Waals surface area contributed by atoms with Crippen LogP contribution in [0.2, 0.25) is 0 Å². The molecule has 1 aliphatic heterocycles. The number of rotatable bonds is 3. The lowest BCUT2D eigenvalue weighted by molar-refractivity contribution is -0.202. The van der Waals surface area contributed by atoms with Crippen molar-refractivity contribution in [3.63, 3.8) is 0 Å². The average molecular weight is 229 g/mol. The molecule has 0 spiro atoms. The summed E-state index contributed by atoms with van der Waals surface area (Å²) >= 11 is 0. The molecule has 0 aromatic carbocycles. The van der Waals surface area contributed by atoms with Crippen molar-refractivity contribution in [1.29, 1.82) is 0 Å². The number of carbonyl (C=O) groups is 3. The third kappa shape index (κ3) is 3.62. The molecule has 2 amide bonds. The van der Waals surface area contributed by atoms with Gasteiger partial charge in [0.25, 0.3) is 11.8 Å². The van der Waals surface area contributed by atoms with Crippen LogP contribution in [0.3, 0.4) is 0 Å². The molecule has 6 heteroatoms. The minimum absolute atomic E-state index is 0.0895. The molecular weight excluding hydrogens is 214 g/mol. The third-order valence-corrected chi connectivity index (χ3v) is 1.82. The van der Waals surface area contributed by atoms with Crippen molar-refractivity contribution >= 4 is 17.8 Å². The number of carbonyl (C=O) groups excluding carboxylic acids is 3. The molecular formula is C10H15NO5. The van der Waals surface area contributed by atoms with Gasteiger partial charge in [0.1, 0.15) is 6.61 Å². The van der Waals surface area contributed by atoms with E-state index in [0.29, 0.717) is 5.06 Å². The molecule has 0 N–H and O–H groups in total. The maximum absolute atomic E-state index is 11.2. The van der Waals surface area contributed by atoms with Gasteiger partial charge in [-0.15, -0.1) is 5.06 Å². The minimum atomic E-state index is -0.751. The van der Waals surface area contributed by atoms with Gasteiger partial charge in [-0.2, -0.15) is 0 Å². The van der Waals surface area contributed by atoms with Gasteiger partial charge >= 0.3 is 5.97 Å². The van der Waals surface area contributed by atoms with Gasteiger partial charge in [0, 0.05) is 12.8 Å². The van der Waals surface area contributed by atoms with E-state index in [9.17, 15) is 14.4 Å². The van der Waals surface area contributed by atoms with Crippen LogP contribution in [0.5, 0.6) is 0 Å². The van der Waals surface area contributed by atoms with Gasteiger partial charge in [0.15, 0.2) is 0 Å². The Morgan fingerprint density at radius 3 is 2.19 bits per heavy atom. The van der Waals surface area contributed by atoms with E-state index in [0.717, 1.165) is 0 Å². The summed E-state index contributed by atoms with van der Waals surface area (Å²) in [6.45, 7) is 5.06. The van der Waals surface area contributed by atoms with Crippen LogP contribution in [0.25, 0.3) is 0 Å². The third-order valence-electron chi connectivity index (χ3n) is 1.82. The fourth-order valence-electron chi connectivity index (χ4n) is 1.06. The predicted octanol–water partition coefficient (Wildman–Crippen LogP) is 0.409. The quantitative estimate of drug-likeness (QED) is 0.655. The number of hydrogen-bond acceptors (Lipinski definition) is 5. The molecule has 0 unspecified atom stereocenters. The maximum atomic E-state index is 11.2. The van der Waals surface area contributed by atoms with Gasteiger partial charge in [0.05, 0.1) is 5.60 Å². The Morgan fingerprint density at radius 1 is 1.25 bits per heavy atom. The van der Waals surface area contributed by atoms with Crippen molar-refractivity contribution in [1.82, 2.24) is 5.06 Å². The molecule has 0 atom stereocenters. The lowest BCUT2D eigenvalue weighted by Crippen LogP contribution is -2.34. The zero-order valence-corrected chi connectivity index (χ0v) is 9.61. The van der Waals surface area contributed by atoms with Crippen molar-refractivity contribution < 1.29 is 24.0 Å². The van der Waals surface area contributed by atoms with Crippen molar-refractivity contribution in [2.45, 2.75) is 39.2 Å². The summed E-state index contributed by atoms with van der Waals surface area (Å²) in [5.74, 6) is -1.73. The van der Waals surface area contributed by atoms with Gasteiger partial charge in [0.2, 0.25) is 0 Å². The van der Waals surface area contributed by atoms with E-state index in [2.05, 4.69) is 4.84 Å². The van der Waals surface area contributed by atoms with Gasteiger partial charge in [-0.1, -0.05) is 0 Å². The molecule has 6 nitrogen and oxygen atoms in total. The van der Waals surface area contributed by atoms with E-state index in [1.54, 1.807) is 20.8 Å². The molecule has 0 aromatic heterocycles. The highest BCUT2D eigenvalue weighted by Crippen LogP contribution is 2.13. The lowest BCUT2D eigenvalue weighted by Gasteiger charge is -2.19. The van der Waals surface area contributed by atoms with E-state index in [4.69, 9.17) is 4.74 Å². The molecule has 1 aliphatic rings. The number of amides is 2. The molecule has 0 aliphatic carbocycles. The zero-order chi connectivity index (χ0) is 12.3. The normalized spacial score (nSPS) is 16.8. The van der Waals surface area contributed by atoms with Crippen molar-refractivity contribution in [2.75, 3.05) is 6.61 Å². The fraction of sp³-hybridized carbons (Fsp3) is 0.700. The first-order valence-electron chi connectivity index (χ1n) is 5.00. The van der Waals surface area contributed by atoms with E-state index >= 15 is 0 Å². The SMILES string of the molecule is CC(C)(C)OCC(=O)ON1C(=O)CCC1=O. The average Bonchev–Trinajstić information content (AvgIpc) is 2.45. The topological polar surface area (TPSA) is 72.9 Å². The molecule has 90 valence electrons. The van der Waals surface area contributed by atoms with E-state index in [1.165, 1.54) is 0 Å². The van der Waals surface area contributed by atoms with Gasteiger partial charge < -0.3 is 9.57 Å². The van der Waals surface area contributed by atoms with Gasteiger partial charge in [-0.25, -0.2) is 4.79 Å². The summed E-state index contributed by atoms with van der Waals surface area (Å²) in [6, 6.07) is 0. The molecule has 0 aromatic rings. The van der Waals surface area contributed by atoms with Crippen molar-refractivity contribution in [2.24, 2.45) is 0 Å². The van der Waals surface area contributed by atoms with Crippen LogP contribution in [0.15, 0.2) is 0 Å². The Labute approximate surface area is 93.4 Å². The Kier molecular flexibility index (Phi) is 3.64. The first-order valence-corrected chi connectivity index (χ1v) is 5.00. The second-order valence-electron chi connectivity index (χ2n) is 4.45. The summed E-state index contributed by atoms with van der Waals surface area (Å²) in [4.78, 5) is 38.1. The molecule has 0 bridgehead atoms. The highest BCUT2D eigenvalue weighted by Gasteiger charge is 2.33. The van der Waals surface area contributed by atoms with Crippen molar-refractivity contribution in [3.8, 4) is 0 Å². The van der Waals surface area contributed by atoms with Crippen molar-refractivity contribution in [3.05, 3.63) is 0 Å². The van der Waals surface area contributed by atoms with Crippen LogP contribution >= 0.6 is 0 Å². The second kappa shape index (κ2) is 4.61. The van der Waals surface area contributed by atoms with Gasteiger partial charge in [-0.3, -0.25) is 9.59 Å². The number of nitrogens with zero attached hydrogens (tertiary/aromatic N) is 1. The largest absolute Gasteiger partial charge is 0.364 e. The predicted molar refractivity (Wildman–Crippen MR) is 52.9 cm³/mol.